The Hall–Kier alpha value is -2.69. The standard InChI is InChI=1S/C20H21FN2O2/c21-18-9-6-16(7-10-18)8-11-19(24)22-12-14-23(15-13-22)20(25)17-4-2-1-3-5-17/h1-7,9-10H,8,11-15H2. The van der Waals surface area contributed by atoms with Crippen molar-refractivity contribution < 1.29 is 14.0 Å². The van der Waals surface area contributed by atoms with Crippen LogP contribution < -0.4 is 0 Å². The molecular formula is C20H21FN2O2. The van der Waals surface area contributed by atoms with Gasteiger partial charge in [0.15, 0.2) is 0 Å². The molecule has 1 aliphatic heterocycles. The number of hydrogen-bond donors (Lipinski definition) is 0. The van der Waals surface area contributed by atoms with Gasteiger partial charge in [0, 0.05) is 38.2 Å². The first kappa shape index (κ1) is 17.1. The Bertz CT molecular complexity index is 723. The molecule has 0 atom stereocenters. The molecule has 2 aromatic carbocycles. The Morgan fingerprint density at radius 1 is 0.840 bits per heavy atom. The van der Waals surface area contributed by atoms with Crippen molar-refractivity contribution in [3.05, 3.63) is 71.5 Å². The number of carbonyl (C=O) groups excluding carboxylic acids is 2. The van der Waals surface area contributed by atoms with Crippen LogP contribution in [0.4, 0.5) is 4.39 Å². The Morgan fingerprint density at radius 3 is 2.08 bits per heavy atom. The highest BCUT2D eigenvalue weighted by molar-refractivity contribution is 5.94. The fourth-order valence-electron chi connectivity index (χ4n) is 2.98. The van der Waals surface area contributed by atoms with Crippen LogP contribution in [-0.2, 0) is 11.2 Å². The minimum atomic E-state index is -0.269. The number of aryl methyl sites for hydroxylation is 1. The molecule has 0 unspecified atom stereocenters. The van der Waals surface area contributed by atoms with Crippen LogP contribution in [0, 0.1) is 5.82 Å². The first-order valence-electron chi connectivity index (χ1n) is 8.50. The molecule has 3 rings (SSSR count). The SMILES string of the molecule is O=C(CCc1ccc(F)cc1)N1CCN(C(=O)c2ccccc2)CC1. The maximum Gasteiger partial charge on any atom is 0.253 e. The molecule has 1 heterocycles. The van der Waals surface area contributed by atoms with Gasteiger partial charge in [0.05, 0.1) is 0 Å². The van der Waals surface area contributed by atoms with Crippen LogP contribution in [0.3, 0.4) is 0 Å². The van der Waals surface area contributed by atoms with Gasteiger partial charge in [-0.05, 0) is 36.2 Å². The summed E-state index contributed by atoms with van der Waals surface area (Å²) in [7, 11) is 0. The van der Waals surface area contributed by atoms with E-state index in [9.17, 15) is 14.0 Å². The van der Waals surface area contributed by atoms with E-state index < -0.39 is 0 Å². The molecule has 1 aliphatic rings. The summed E-state index contributed by atoms with van der Waals surface area (Å²) in [6.07, 6.45) is 1.00. The van der Waals surface area contributed by atoms with Gasteiger partial charge in [-0.1, -0.05) is 30.3 Å². The Labute approximate surface area is 146 Å². The number of halogens is 1. The molecule has 2 amide bonds. The number of carbonyl (C=O) groups is 2. The summed E-state index contributed by atoms with van der Waals surface area (Å²) in [5, 5.41) is 0. The van der Waals surface area contributed by atoms with Gasteiger partial charge in [0.1, 0.15) is 5.82 Å². The molecule has 130 valence electrons. The lowest BCUT2D eigenvalue weighted by Gasteiger charge is -2.35. The number of amides is 2. The van der Waals surface area contributed by atoms with Gasteiger partial charge < -0.3 is 9.80 Å². The van der Waals surface area contributed by atoms with Crippen molar-refractivity contribution in [1.82, 2.24) is 9.80 Å². The van der Waals surface area contributed by atoms with Gasteiger partial charge in [0.25, 0.3) is 5.91 Å². The smallest absolute Gasteiger partial charge is 0.253 e. The van der Waals surface area contributed by atoms with Gasteiger partial charge in [-0.2, -0.15) is 0 Å². The summed E-state index contributed by atoms with van der Waals surface area (Å²) in [5.74, 6) is -0.176. The van der Waals surface area contributed by atoms with Gasteiger partial charge in [-0.3, -0.25) is 9.59 Å². The number of piperazine rings is 1. The summed E-state index contributed by atoms with van der Waals surface area (Å²) in [4.78, 5) is 28.3. The quantitative estimate of drug-likeness (QED) is 0.859. The first-order chi connectivity index (χ1) is 12.1. The predicted molar refractivity (Wildman–Crippen MR) is 93.6 cm³/mol. The molecule has 4 nitrogen and oxygen atoms in total. The van der Waals surface area contributed by atoms with E-state index in [0.717, 1.165) is 5.56 Å². The van der Waals surface area contributed by atoms with Crippen molar-refractivity contribution in [2.45, 2.75) is 12.8 Å². The Balaban J connectivity index is 1.47. The molecule has 2 aromatic rings. The predicted octanol–water partition coefficient (Wildman–Crippen LogP) is 2.74. The maximum absolute atomic E-state index is 12.9. The fraction of sp³-hybridized carbons (Fsp3) is 0.300. The topological polar surface area (TPSA) is 40.6 Å². The molecule has 0 spiro atoms. The van der Waals surface area contributed by atoms with Crippen molar-refractivity contribution in [2.75, 3.05) is 26.2 Å². The average molecular weight is 340 g/mol. The molecule has 1 fully saturated rings. The van der Waals surface area contributed by atoms with E-state index in [4.69, 9.17) is 0 Å². The molecule has 0 saturated carbocycles. The Kier molecular flexibility index (Phi) is 5.43. The Morgan fingerprint density at radius 2 is 1.44 bits per heavy atom. The molecule has 25 heavy (non-hydrogen) atoms. The van der Waals surface area contributed by atoms with E-state index in [0.29, 0.717) is 44.6 Å². The van der Waals surface area contributed by atoms with Crippen molar-refractivity contribution in [1.29, 1.82) is 0 Å². The fourth-order valence-corrected chi connectivity index (χ4v) is 2.98. The van der Waals surface area contributed by atoms with E-state index in [1.807, 2.05) is 30.3 Å². The third-order valence-corrected chi connectivity index (χ3v) is 4.48. The molecule has 0 aliphatic carbocycles. The van der Waals surface area contributed by atoms with Crippen LogP contribution in [0.15, 0.2) is 54.6 Å². The third kappa shape index (κ3) is 4.44. The van der Waals surface area contributed by atoms with Crippen molar-refractivity contribution >= 4 is 11.8 Å². The van der Waals surface area contributed by atoms with E-state index in [1.165, 1.54) is 12.1 Å². The minimum absolute atomic E-state index is 0.0130. The van der Waals surface area contributed by atoms with Crippen LogP contribution in [0.2, 0.25) is 0 Å². The summed E-state index contributed by atoms with van der Waals surface area (Å²) < 4.78 is 12.9. The lowest BCUT2D eigenvalue weighted by Crippen LogP contribution is -2.50. The second-order valence-corrected chi connectivity index (χ2v) is 6.17. The summed E-state index contributed by atoms with van der Waals surface area (Å²) in [6, 6.07) is 15.4. The van der Waals surface area contributed by atoms with Gasteiger partial charge in [0.2, 0.25) is 5.91 Å². The highest BCUT2D eigenvalue weighted by Crippen LogP contribution is 2.11. The molecular weight excluding hydrogens is 319 g/mol. The van der Waals surface area contributed by atoms with Crippen molar-refractivity contribution in [3.63, 3.8) is 0 Å². The van der Waals surface area contributed by atoms with Crippen LogP contribution >= 0.6 is 0 Å². The van der Waals surface area contributed by atoms with Gasteiger partial charge in [-0.15, -0.1) is 0 Å². The molecule has 0 radical (unpaired) electrons. The number of nitrogens with zero attached hydrogens (tertiary/aromatic N) is 2. The summed E-state index contributed by atoms with van der Waals surface area (Å²) in [6.45, 7) is 2.22. The van der Waals surface area contributed by atoms with E-state index >= 15 is 0 Å². The van der Waals surface area contributed by atoms with E-state index in [1.54, 1.807) is 21.9 Å². The molecule has 0 aromatic heterocycles. The zero-order valence-corrected chi connectivity index (χ0v) is 14.0. The van der Waals surface area contributed by atoms with E-state index in [-0.39, 0.29) is 17.6 Å². The van der Waals surface area contributed by atoms with Crippen LogP contribution in [0.5, 0.6) is 0 Å². The lowest BCUT2D eigenvalue weighted by atomic mass is 10.1. The number of benzene rings is 2. The second-order valence-electron chi connectivity index (χ2n) is 6.17. The average Bonchev–Trinajstić information content (AvgIpc) is 2.67. The van der Waals surface area contributed by atoms with Crippen LogP contribution in [-0.4, -0.2) is 47.8 Å². The third-order valence-electron chi connectivity index (χ3n) is 4.48. The van der Waals surface area contributed by atoms with Crippen molar-refractivity contribution in [3.8, 4) is 0 Å². The molecule has 0 N–H and O–H groups in total. The van der Waals surface area contributed by atoms with E-state index in [2.05, 4.69) is 0 Å². The zero-order chi connectivity index (χ0) is 17.6. The second kappa shape index (κ2) is 7.92. The number of rotatable bonds is 4. The largest absolute Gasteiger partial charge is 0.339 e. The summed E-state index contributed by atoms with van der Waals surface area (Å²) >= 11 is 0. The van der Waals surface area contributed by atoms with Crippen LogP contribution in [0.25, 0.3) is 0 Å². The van der Waals surface area contributed by atoms with Crippen molar-refractivity contribution in [2.24, 2.45) is 0 Å². The number of hydrogen-bond acceptors (Lipinski definition) is 2. The van der Waals surface area contributed by atoms with Gasteiger partial charge >= 0.3 is 0 Å². The monoisotopic (exact) mass is 340 g/mol. The molecule has 1 saturated heterocycles. The summed E-state index contributed by atoms with van der Waals surface area (Å²) in [5.41, 5.74) is 1.63. The first-order valence-corrected chi connectivity index (χ1v) is 8.50. The highest BCUT2D eigenvalue weighted by atomic mass is 19.1. The highest BCUT2D eigenvalue weighted by Gasteiger charge is 2.24. The lowest BCUT2D eigenvalue weighted by molar-refractivity contribution is -0.132. The molecule has 5 heteroatoms. The maximum atomic E-state index is 12.9. The molecule has 0 bridgehead atoms. The zero-order valence-electron chi connectivity index (χ0n) is 14.0. The van der Waals surface area contributed by atoms with Crippen LogP contribution in [0.1, 0.15) is 22.3 Å². The van der Waals surface area contributed by atoms with Gasteiger partial charge in [-0.25, -0.2) is 4.39 Å². The minimum Gasteiger partial charge on any atom is -0.339 e. The normalized spacial score (nSPS) is 14.4.